The first-order valence-corrected chi connectivity index (χ1v) is 10.9. The van der Waals surface area contributed by atoms with Crippen LogP contribution in [0.2, 0.25) is 5.02 Å². The maximum atomic E-state index is 13.6. The molecule has 1 aliphatic heterocycles. The standard InChI is InChI=1S/C23H23ClN6O2/c1-14-26-11-16-9-19(18-4-3-15(10-20(18)24)21-5-7-29(2)28-21)23(31)30(22(16)27-14)13-17-12-25-6-8-32-17/h3-5,7,9-11,17,25H,6,8,12-13H2,1-2H3/t17-/m1/s1. The summed E-state index contributed by atoms with van der Waals surface area (Å²) in [5.74, 6) is 0.610. The molecule has 1 aromatic carbocycles. The highest BCUT2D eigenvalue weighted by molar-refractivity contribution is 6.33. The number of hydrogen-bond donors (Lipinski definition) is 1. The Labute approximate surface area is 189 Å². The molecule has 164 valence electrons. The summed E-state index contributed by atoms with van der Waals surface area (Å²) in [4.78, 5) is 22.5. The highest BCUT2D eigenvalue weighted by Crippen LogP contribution is 2.31. The zero-order valence-corrected chi connectivity index (χ0v) is 18.6. The van der Waals surface area contributed by atoms with Gasteiger partial charge in [0.25, 0.3) is 5.56 Å². The first-order valence-electron chi connectivity index (χ1n) is 10.5. The van der Waals surface area contributed by atoms with Crippen molar-refractivity contribution in [2.24, 2.45) is 7.05 Å². The van der Waals surface area contributed by atoms with Crippen LogP contribution in [-0.2, 0) is 18.3 Å². The van der Waals surface area contributed by atoms with Gasteiger partial charge in [0.15, 0.2) is 0 Å². The van der Waals surface area contributed by atoms with Gasteiger partial charge in [0, 0.05) is 59.6 Å². The molecule has 4 heterocycles. The molecular formula is C23H23ClN6O2. The Morgan fingerprint density at radius 1 is 1.25 bits per heavy atom. The van der Waals surface area contributed by atoms with Crippen molar-refractivity contribution in [2.45, 2.75) is 19.6 Å². The zero-order chi connectivity index (χ0) is 22.2. The first-order chi connectivity index (χ1) is 15.5. The molecule has 4 aromatic rings. The third-order valence-electron chi connectivity index (χ3n) is 5.61. The number of halogens is 1. The first kappa shape index (κ1) is 20.8. The summed E-state index contributed by atoms with van der Waals surface area (Å²) in [6.45, 7) is 4.32. The van der Waals surface area contributed by atoms with Gasteiger partial charge < -0.3 is 10.1 Å². The summed E-state index contributed by atoms with van der Waals surface area (Å²) in [6, 6.07) is 9.37. The molecule has 0 unspecified atom stereocenters. The van der Waals surface area contributed by atoms with Crippen LogP contribution in [0.5, 0.6) is 0 Å². The summed E-state index contributed by atoms with van der Waals surface area (Å²) in [5, 5.41) is 9.00. The third-order valence-corrected chi connectivity index (χ3v) is 5.92. The second-order valence-corrected chi connectivity index (χ2v) is 8.34. The molecule has 0 saturated carbocycles. The number of hydrogen-bond acceptors (Lipinski definition) is 6. The number of rotatable bonds is 4. The summed E-state index contributed by atoms with van der Waals surface area (Å²) >= 11 is 6.66. The van der Waals surface area contributed by atoms with Crippen molar-refractivity contribution in [3.63, 3.8) is 0 Å². The van der Waals surface area contributed by atoms with E-state index in [-0.39, 0.29) is 11.7 Å². The minimum atomic E-state index is -0.155. The van der Waals surface area contributed by atoms with Gasteiger partial charge in [-0.3, -0.25) is 14.0 Å². The van der Waals surface area contributed by atoms with E-state index in [0.29, 0.717) is 47.3 Å². The van der Waals surface area contributed by atoms with Crippen molar-refractivity contribution >= 4 is 22.6 Å². The molecule has 32 heavy (non-hydrogen) atoms. The monoisotopic (exact) mass is 450 g/mol. The number of nitrogens with one attached hydrogen (secondary N) is 1. The van der Waals surface area contributed by atoms with E-state index in [2.05, 4.69) is 20.4 Å². The van der Waals surface area contributed by atoms with E-state index in [1.807, 2.05) is 50.5 Å². The molecule has 1 saturated heterocycles. The summed E-state index contributed by atoms with van der Waals surface area (Å²) in [6.07, 6.45) is 3.51. The summed E-state index contributed by atoms with van der Waals surface area (Å²) in [5.41, 5.74) is 3.32. The van der Waals surface area contributed by atoms with Crippen molar-refractivity contribution in [1.82, 2.24) is 29.6 Å². The van der Waals surface area contributed by atoms with Gasteiger partial charge in [-0.25, -0.2) is 9.97 Å². The molecule has 0 spiro atoms. The Bertz CT molecular complexity index is 1360. The minimum absolute atomic E-state index is 0.114. The smallest absolute Gasteiger partial charge is 0.260 e. The van der Waals surface area contributed by atoms with Gasteiger partial charge in [-0.15, -0.1) is 0 Å². The lowest BCUT2D eigenvalue weighted by atomic mass is 10.0. The van der Waals surface area contributed by atoms with E-state index in [4.69, 9.17) is 16.3 Å². The zero-order valence-electron chi connectivity index (χ0n) is 17.9. The number of nitrogens with zero attached hydrogens (tertiary/aromatic N) is 5. The molecule has 9 heteroatoms. The number of fused-ring (bicyclic) bond motifs is 1. The Morgan fingerprint density at radius 2 is 2.12 bits per heavy atom. The van der Waals surface area contributed by atoms with Crippen molar-refractivity contribution in [2.75, 3.05) is 19.7 Å². The van der Waals surface area contributed by atoms with Crippen LogP contribution in [0, 0.1) is 6.92 Å². The molecule has 3 aromatic heterocycles. The van der Waals surface area contributed by atoms with Gasteiger partial charge in [-0.1, -0.05) is 23.7 Å². The normalized spacial score (nSPS) is 16.5. The van der Waals surface area contributed by atoms with Crippen LogP contribution in [0.3, 0.4) is 0 Å². The van der Waals surface area contributed by atoms with E-state index in [1.54, 1.807) is 15.4 Å². The molecule has 0 aliphatic carbocycles. The van der Waals surface area contributed by atoms with Crippen molar-refractivity contribution in [3.05, 3.63) is 63.9 Å². The van der Waals surface area contributed by atoms with E-state index in [9.17, 15) is 4.79 Å². The Kier molecular flexibility index (Phi) is 5.50. The largest absolute Gasteiger partial charge is 0.374 e. The predicted molar refractivity (Wildman–Crippen MR) is 124 cm³/mol. The molecular weight excluding hydrogens is 428 g/mol. The fourth-order valence-electron chi connectivity index (χ4n) is 4.01. The van der Waals surface area contributed by atoms with Gasteiger partial charge >= 0.3 is 0 Å². The molecule has 0 radical (unpaired) electrons. The molecule has 0 bridgehead atoms. The fraction of sp³-hybridized carbons (Fsp3) is 0.304. The summed E-state index contributed by atoms with van der Waals surface area (Å²) < 4.78 is 9.27. The second kappa shape index (κ2) is 8.46. The Hall–Kier alpha value is -3.07. The van der Waals surface area contributed by atoms with Gasteiger partial charge in [0.1, 0.15) is 11.5 Å². The average molecular weight is 451 g/mol. The molecule has 1 fully saturated rings. The molecule has 8 nitrogen and oxygen atoms in total. The molecule has 1 N–H and O–H groups in total. The van der Waals surface area contributed by atoms with Crippen molar-refractivity contribution < 1.29 is 4.74 Å². The number of benzene rings is 1. The molecule has 1 aliphatic rings. The average Bonchev–Trinajstić information content (AvgIpc) is 3.23. The fourth-order valence-corrected chi connectivity index (χ4v) is 4.29. The van der Waals surface area contributed by atoms with Crippen LogP contribution < -0.4 is 10.9 Å². The maximum Gasteiger partial charge on any atom is 0.260 e. The SMILES string of the molecule is Cc1ncc2cc(-c3ccc(-c4ccn(C)n4)cc3Cl)c(=O)n(C[C@H]3CNCCO3)c2n1. The Balaban J connectivity index is 1.63. The third kappa shape index (κ3) is 3.92. The van der Waals surface area contributed by atoms with Gasteiger partial charge in [0.2, 0.25) is 0 Å². The van der Waals surface area contributed by atoms with Gasteiger partial charge in [-0.2, -0.15) is 5.10 Å². The van der Waals surface area contributed by atoms with Crippen LogP contribution in [0.25, 0.3) is 33.4 Å². The highest BCUT2D eigenvalue weighted by Gasteiger charge is 2.20. The number of aryl methyl sites for hydroxylation is 2. The lowest BCUT2D eigenvalue weighted by molar-refractivity contribution is 0.0183. The quantitative estimate of drug-likeness (QED) is 0.514. The number of aromatic nitrogens is 5. The van der Waals surface area contributed by atoms with Crippen LogP contribution in [0.1, 0.15) is 5.82 Å². The topological polar surface area (TPSA) is 86.9 Å². The minimum Gasteiger partial charge on any atom is -0.374 e. The van der Waals surface area contributed by atoms with Crippen LogP contribution in [0.15, 0.2) is 47.5 Å². The van der Waals surface area contributed by atoms with Crippen molar-refractivity contribution in [1.29, 1.82) is 0 Å². The van der Waals surface area contributed by atoms with Crippen LogP contribution >= 0.6 is 11.6 Å². The van der Waals surface area contributed by atoms with E-state index in [1.165, 1.54) is 0 Å². The Morgan fingerprint density at radius 3 is 2.84 bits per heavy atom. The number of morpholine rings is 1. The summed E-state index contributed by atoms with van der Waals surface area (Å²) in [7, 11) is 1.87. The maximum absolute atomic E-state index is 13.6. The highest BCUT2D eigenvalue weighted by atomic mass is 35.5. The molecule has 5 rings (SSSR count). The number of pyridine rings is 1. The predicted octanol–water partition coefficient (Wildman–Crippen LogP) is 2.81. The van der Waals surface area contributed by atoms with E-state index in [0.717, 1.165) is 23.2 Å². The lowest BCUT2D eigenvalue weighted by Crippen LogP contribution is -2.42. The lowest BCUT2D eigenvalue weighted by Gasteiger charge is -2.25. The van der Waals surface area contributed by atoms with Crippen LogP contribution in [0.4, 0.5) is 0 Å². The van der Waals surface area contributed by atoms with Crippen molar-refractivity contribution in [3.8, 4) is 22.4 Å². The van der Waals surface area contributed by atoms with E-state index >= 15 is 0 Å². The van der Waals surface area contributed by atoms with Crippen LogP contribution in [-0.4, -0.2) is 50.1 Å². The van der Waals surface area contributed by atoms with Gasteiger partial charge in [0.05, 0.1) is 24.9 Å². The van der Waals surface area contributed by atoms with Gasteiger partial charge in [-0.05, 0) is 25.1 Å². The van der Waals surface area contributed by atoms with E-state index < -0.39 is 0 Å². The molecule has 1 atom stereocenters. The second-order valence-electron chi connectivity index (χ2n) is 7.94. The molecule has 0 amide bonds. The number of ether oxygens (including phenoxy) is 1.